The first-order valence-corrected chi connectivity index (χ1v) is 8.73. The van der Waals surface area contributed by atoms with Gasteiger partial charge in [-0.15, -0.1) is 0 Å². The third-order valence-electron chi connectivity index (χ3n) is 4.97. The molecule has 2 aromatic carbocycles. The van der Waals surface area contributed by atoms with Crippen molar-refractivity contribution in [2.45, 2.75) is 19.3 Å². The maximum absolute atomic E-state index is 6.62. The molecule has 1 saturated heterocycles. The first kappa shape index (κ1) is 14.6. The molecular weight excluding hydrogens is 304 g/mol. The second kappa shape index (κ2) is 6.29. The highest BCUT2D eigenvalue weighted by Gasteiger charge is 2.21. The summed E-state index contributed by atoms with van der Waals surface area (Å²) in [7, 11) is 0. The van der Waals surface area contributed by atoms with E-state index in [0.29, 0.717) is 0 Å². The van der Waals surface area contributed by atoms with Gasteiger partial charge in [0, 0.05) is 30.2 Å². The number of benzene rings is 2. The summed E-state index contributed by atoms with van der Waals surface area (Å²) in [6.07, 6.45) is 5.61. The number of hydrogen-bond acceptors (Lipinski definition) is 1. The lowest BCUT2D eigenvalue weighted by Gasteiger charge is -2.34. The van der Waals surface area contributed by atoms with Crippen LogP contribution in [0.15, 0.2) is 54.7 Å². The van der Waals surface area contributed by atoms with Crippen molar-refractivity contribution in [1.29, 1.82) is 0 Å². The van der Waals surface area contributed by atoms with Crippen molar-refractivity contribution in [2.75, 3.05) is 18.0 Å². The molecule has 4 rings (SSSR count). The molecule has 0 amide bonds. The molecule has 1 fully saturated rings. The summed E-state index contributed by atoms with van der Waals surface area (Å²) in [5.41, 5.74) is 3.74. The van der Waals surface area contributed by atoms with Crippen LogP contribution in [-0.4, -0.2) is 18.1 Å². The second-order valence-corrected chi connectivity index (χ2v) is 6.84. The van der Waals surface area contributed by atoms with Crippen LogP contribution in [0.4, 0.5) is 5.69 Å². The SMILES string of the molecule is Clc1c(N2CCC(Cc3ccccc3)CC2)ccc2[nH]ccc12. The zero-order valence-corrected chi connectivity index (χ0v) is 13.9. The van der Waals surface area contributed by atoms with E-state index in [2.05, 4.69) is 58.4 Å². The molecule has 3 aromatic rings. The highest BCUT2D eigenvalue weighted by molar-refractivity contribution is 6.38. The van der Waals surface area contributed by atoms with Crippen molar-refractivity contribution in [3.05, 3.63) is 65.3 Å². The van der Waals surface area contributed by atoms with Gasteiger partial charge in [0.1, 0.15) is 0 Å². The lowest BCUT2D eigenvalue weighted by Crippen LogP contribution is -2.34. The van der Waals surface area contributed by atoms with E-state index in [4.69, 9.17) is 11.6 Å². The number of nitrogens with zero attached hydrogens (tertiary/aromatic N) is 1. The van der Waals surface area contributed by atoms with Gasteiger partial charge in [0.15, 0.2) is 0 Å². The van der Waals surface area contributed by atoms with Crippen molar-refractivity contribution in [2.24, 2.45) is 5.92 Å². The lowest BCUT2D eigenvalue weighted by atomic mass is 9.90. The Labute approximate surface area is 142 Å². The smallest absolute Gasteiger partial charge is 0.0733 e. The quantitative estimate of drug-likeness (QED) is 0.694. The van der Waals surface area contributed by atoms with Gasteiger partial charge in [-0.1, -0.05) is 41.9 Å². The number of rotatable bonds is 3. The highest BCUT2D eigenvalue weighted by Crippen LogP contribution is 2.35. The maximum atomic E-state index is 6.62. The molecule has 0 saturated carbocycles. The van der Waals surface area contributed by atoms with Crippen LogP contribution in [0, 0.1) is 5.92 Å². The topological polar surface area (TPSA) is 19.0 Å². The van der Waals surface area contributed by atoms with Crippen molar-refractivity contribution < 1.29 is 0 Å². The van der Waals surface area contributed by atoms with Gasteiger partial charge >= 0.3 is 0 Å². The molecule has 0 radical (unpaired) electrons. The second-order valence-electron chi connectivity index (χ2n) is 6.46. The first-order valence-electron chi connectivity index (χ1n) is 8.36. The van der Waals surface area contributed by atoms with Crippen LogP contribution in [0.25, 0.3) is 10.9 Å². The highest BCUT2D eigenvalue weighted by atomic mass is 35.5. The Morgan fingerprint density at radius 3 is 2.57 bits per heavy atom. The molecule has 23 heavy (non-hydrogen) atoms. The van der Waals surface area contributed by atoms with Crippen molar-refractivity contribution in [3.63, 3.8) is 0 Å². The average molecular weight is 325 g/mol. The third kappa shape index (κ3) is 2.96. The summed E-state index contributed by atoms with van der Waals surface area (Å²) in [6.45, 7) is 2.18. The van der Waals surface area contributed by atoms with E-state index < -0.39 is 0 Å². The summed E-state index contributed by atoms with van der Waals surface area (Å²) >= 11 is 6.62. The molecule has 1 aliphatic rings. The van der Waals surface area contributed by atoms with E-state index in [1.54, 1.807) is 0 Å². The van der Waals surface area contributed by atoms with Crippen molar-refractivity contribution in [1.82, 2.24) is 4.98 Å². The van der Waals surface area contributed by atoms with Crippen molar-refractivity contribution >= 4 is 28.2 Å². The molecule has 0 aliphatic carbocycles. The minimum atomic E-state index is 0.781. The number of hydrogen-bond donors (Lipinski definition) is 1. The molecule has 1 aromatic heterocycles. The number of piperidine rings is 1. The molecule has 2 heterocycles. The monoisotopic (exact) mass is 324 g/mol. The van der Waals surface area contributed by atoms with Gasteiger partial charge in [0.05, 0.1) is 10.7 Å². The maximum Gasteiger partial charge on any atom is 0.0733 e. The van der Waals surface area contributed by atoms with Crippen LogP contribution in [-0.2, 0) is 6.42 Å². The summed E-state index contributed by atoms with van der Waals surface area (Å²) in [5.74, 6) is 0.781. The standard InChI is InChI=1S/C20H21ClN2/c21-20-17-8-11-22-18(17)6-7-19(20)23-12-9-16(10-13-23)14-15-4-2-1-3-5-15/h1-8,11,16,22H,9-10,12-14H2. The summed E-state index contributed by atoms with van der Waals surface area (Å²) < 4.78 is 0. The molecule has 1 aliphatic heterocycles. The van der Waals surface area contributed by atoms with Crippen LogP contribution in [0.1, 0.15) is 18.4 Å². The Morgan fingerprint density at radius 1 is 1.00 bits per heavy atom. The zero-order valence-electron chi connectivity index (χ0n) is 13.1. The molecule has 1 N–H and O–H groups in total. The summed E-state index contributed by atoms with van der Waals surface area (Å²) in [4.78, 5) is 5.66. The number of H-pyrrole nitrogens is 1. The number of anilines is 1. The van der Waals surface area contributed by atoms with Gasteiger partial charge in [-0.25, -0.2) is 0 Å². The Balaban J connectivity index is 1.45. The predicted molar refractivity (Wildman–Crippen MR) is 98.4 cm³/mol. The van der Waals surface area contributed by atoms with E-state index in [1.807, 2.05) is 6.20 Å². The summed E-state index contributed by atoms with van der Waals surface area (Å²) in [6, 6.07) is 17.2. The molecule has 0 bridgehead atoms. The van der Waals surface area contributed by atoms with Gasteiger partial charge in [-0.05, 0) is 48.9 Å². The minimum absolute atomic E-state index is 0.781. The van der Waals surface area contributed by atoms with E-state index in [0.717, 1.165) is 34.9 Å². The predicted octanol–water partition coefficient (Wildman–Crippen LogP) is 5.28. The first-order chi connectivity index (χ1) is 11.3. The van der Waals surface area contributed by atoms with Crippen LogP contribution < -0.4 is 4.90 Å². The number of fused-ring (bicyclic) bond motifs is 1. The molecule has 0 atom stereocenters. The van der Waals surface area contributed by atoms with Gasteiger partial charge in [-0.2, -0.15) is 0 Å². The number of halogens is 1. The van der Waals surface area contributed by atoms with E-state index in [-0.39, 0.29) is 0 Å². The molecule has 0 unspecified atom stereocenters. The van der Waals surface area contributed by atoms with E-state index >= 15 is 0 Å². The lowest BCUT2D eigenvalue weighted by molar-refractivity contribution is 0.404. The van der Waals surface area contributed by atoms with Crippen LogP contribution >= 0.6 is 11.6 Å². The van der Waals surface area contributed by atoms with Gasteiger partial charge in [-0.3, -0.25) is 0 Å². The fourth-order valence-corrected chi connectivity index (χ4v) is 4.00. The molecular formula is C20H21ClN2. The number of nitrogens with one attached hydrogen (secondary N) is 1. The number of aromatic amines is 1. The fraction of sp³-hybridized carbons (Fsp3) is 0.300. The Morgan fingerprint density at radius 2 is 1.78 bits per heavy atom. The van der Waals surface area contributed by atoms with Crippen LogP contribution in [0.5, 0.6) is 0 Å². The van der Waals surface area contributed by atoms with Gasteiger partial charge in [0.25, 0.3) is 0 Å². The Bertz CT molecular complexity index is 786. The van der Waals surface area contributed by atoms with E-state index in [9.17, 15) is 0 Å². The summed E-state index contributed by atoms with van der Waals surface area (Å²) in [5, 5.41) is 2.00. The van der Waals surface area contributed by atoms with Crippen molar-refractivity contribution in [3.8, 4) is 0 Å². The van der Waals surface area contributed by atoms with Crippen LogP contribution in [0.3, 0.4) is 0 Å². The Kier molecular flexibility index (Phi) is 4.00. The largest absolute Gasteiger partial charge is 0.370 e. The van der Waals surface area contributed by atoms with Gasteiger partial charge < -0.3 is 9.88 Å². The fourth-order valence-electron chi connectivity index (χ4n) is 3.65. The average Bonchev–Trinajstić information content (AvgIpc) is 3.07. The minimum Gasteiger partial charge on any atom is -0.370 e. The van der Waals surface area contributed by atoms with Gasteiger partial charge in [0.2, 0.25) is 0 Å². The molecule has 0 spiro atoms. The third-order valence-corrected chi connectivity index (χ3v) is 5.37. The normalized spacial score (nSPS) is 16.1. The Hall–Kier alpha value is -1.93. The van der Waals surface area contributed by atoms with Crippen LogP contribution in [0.2, 0.25) is 5.02 Å². The number of aromatic nitrogens is 1. The molecule has 3 heteroatoms. The molecule has 118 valence electrons. The van der Waals surface area contributed by atoms with E-state index in [1.165, 1.54) is 30.5 Å². The molecule has 2 nitrogen and oxygen atoms in total. The zero-order chi connectivity index (χ0) is 15.6.